The summed E-state index contributed by atoms with van der Waals surface area (Å²) in [5.74, 6) is -0.738. The molecule has 1 heterocycles. The molecule has 78 valence electrons. The van der Waals surface area contributed by atoms with E-state index in [1.165, 1.54) is 11.9 Å². The molecule has 0 aliphatic carbocycles. The molecule has 1 aliphatic heterocycles. The number of carbonyl (C=O) groups is 2. The third kappa shape index (κ3) is 21.9. The minimum absolute atomic E-state index is 0. The van der Waals surface area contributed by atoms with Crippen molar-refractivity contribution in [1.82, 2.24) is 4.90 Å². The van der Waals surface area contributed by atoms with Gasteiger partial charge in [-0.25, -0.2) is 0 Å². The standard InChI is InChI=1S/C5H6N2O2S.8Y/c1-7-4(9)2-3(8)6-5(7)10;;;;;;;;/h2H2,1H3,(H,6,8,10);;;;;;;;/p-1. The minimum Gasteiger partial charge on any atom is -0.408 e. The molecular weight excluding hydrogens is 863 g/mol. The van der Waals surface area contributed by atoms with E-state index >= 15 is 0 Å². The van der Waals surface area contributed by atoms with Gasteiger partial charge in [-0.1, -0.05) is 19.3 Å². The van der Waals surface area contributed by atoms with E-state index in [1.54, 1.807) is 0 Å². The topological polar surface area (TPSA) is 51.5 Å². The van der Waals surface area contributed by atoms with Crippen LogP contribution < -0.4 is 0 Å². The molecular formula is C5H5N2O2SY8-. The quantitative estimate of drug-likeness (QED) is 0.255. The van der Waals surface area contributed by atoms with Crippen LogP contribution in [-0.2, 0) is 271 Å². The SMILES string of the molecule is CN1C(=O)CC(=O)[N-]C1=S.[Y].[Y].[Y].[Y].[Y].[Y].[Y].[Y]. The van der Waals surface area contributed by atoms with Crippen molar-refractivity contribution in [3.63, 3.8) is 0 Å². The summed E-state index contributed by atoms with van der Waals surface area (Å²) >= 11 is 4.60. The molecule has 1 saturated heterocycles. The van der Waals surface area contributed by atoms with Gasteiger partial charge in [0, 0.05) is 267 Å². The predicted octanol–water partition coefficient (Wildman–Crippen LogP) is 0.0137. The van der Waals surface area contributed by atoms with Gasteiger partial charge in [-0.3, -0.25) is 9.59 Å². The van der Waals surface area contributed by atoms with Crippen LogP contribution in [0.15, 0.2) is 0 Å². The smallest absolute Gasteiger partial charge is 0.155 e. The molecule has 4 nitrogen and oxygen atoms in total. The van der Waals surface area contributed by atoms with Gasteiger partial charge in [0.1, 0.15) is 0 Å². The second-order valence-electron chi connectivity index (χ2n) is 1.92. The van der Waals surface area contributed by atoms with Crippen LogP contribution in [0.25, 0.3) is 5.32 Å². The average molecular weight is 868 g/mol. The fourth-order valence-corrected chi connectivity index (χ4v) is 0.779. The van der Waals surface area contributed by atoms with Crippen molar-refractivity contribution in [3.8, 4) is 0 Å². The zero-order valence-electron chi connectivity index (χ0n) is 9.95. The van der Waals surface area contributed by atoms with Gasteiger partial charge in [-0.2, -0.15) is 0 Å². The summed E-state index contributed by atoms with van der Waals surface area (Å²) in [6.45, 7) is 0. The average Bonchev–Trinajstić information content (AvgIpc) is 1.82. The Morgan fingerprint density at radius 3 is 1.56 bits per heavy atom. The molecule has 0 atom stereocenters. The number of hydrogen-bond acceptors (Lipinski definition) is 3. The molecule has 18 heavy (non-hydrogen) atoms. The minimum atomic E-state index is -0.451. The number of amides is 2. The van der Waals surface area contributed by atoms with E-state index in [0.29, 0.717) is 0 Å². The molecule has 8 radical (unpaired) electrons. The Balaban J connectivity index is -0.0000000208. The molecule has 1 fully saturated rings. The summed E-state index contributed by atoms with van der Waals surface area (Å²) in [7, 11) is 1.50. The van der Waals surface area contributed by atoms with Crippen molar-refractivity contribution in [2.75, 3.05) is 7.05 Å². The normalized spacial score (nSPS) is 10.7. The van der Waals surface area contributed by atoms with E-state index < -0.39 is 5.91 Å². The Bertz CT molecular complexity index is 212. The second-order valence-corrected chi connectivity index (χ2v) is 2.28. The molecule has 2 amide bonds. The molecule has 13 heteroatoms. The largest absolute Gasteiger partial charge is 0.408 e. The van der Waals surface area contributed by atoms with Crippen molar-refractivity contribution in [1.29, 1.82) is 0 Å². The third-order valence-corrected chi connectivity index (χ3v) is 1.55. The first kappa shape index (κ1) is 50.1. The first-order chi connectivity index (χ1) is 4.61. The molecule has 1 rings (SSSR count). The molecule has 0 spiro atoms. The van der Waals surface area contributed by atoms with Crippen LogP contribution in [0.5, 0.6) is 0 Å². The molecule has 0 aromatic heterocycles. The first-order valence-corrected chi connectivity index (χ1v) is 3.07. The van der Waals surface area contributed by atoms with Crippen LogP contribution in [0.1, 0.15) is 6.42 Å². The van der Waals surface area contributed by atoms with Crippen molar-refractivity contribution >= 4 is 29.1 Å². The number of hydrogen-bond donors (Lipinski definition) is 0. The van der Waals surface area contributed by atoms with Gasteiger partial charge in [0.2, 0.25) is 0 Å². The summed E-state index contributed by atoms with van der Waals surface area (Å²) < 4.78 is 0. The van der Waals surface area contributed by atoms with Gasteiger partial charge in [0.15, 0.2) is 11.8 Å². The van der Waals surface area contributed by atoms with Gasteiger partial charge in [0.05, 0.1) is 6.42 Å². The molecule has 0 bridgehead atoms. The molecule has 0 aromatic carbocycles. The van der Waals surface area contributed by atoms with Gasteiger partial charge >= 0.3 is 0 Å². The first-order valence-electron chi connectivity index (χ1n) is 2.66. The van der Waals surface area contributed by atoms with E-state index in [-0.39, 0.29) is 279 Å². The third-order valence-electron chi connectivity index (χ3n) is 1.18. The van der Waals surface area contributed by atoms with E-state index in [0.717, 1.165) is 0 Å². The van der Waals surface area contributed by atoms with Crippen molar-refractivity contribution < 1.29 is 271 Å². The van der Waals surface area contributed by atoms with Crippen LogP contribution in [0.2, 0.25) is 0 Å². The monoisotopic (exact) mass is 868 g/mol. The Hall–Kier alpha value is 7.86. The second kappa shape index (κ2) is 29.6. The van der Waals surface area contributed by atoms with Crippen LogP contribution in [0, 0.1) is 0 Å². The Morgan fingerprint density at radius 2 is 1.28 bits per heavy atom. The van der Waals surface area contributed by atoms with E-state index in [1.807, 2.05) is 0 Å². The van der Waals surface area contributed by atoms with Gasteiger partial charge in [-0.05, 0) is 0 Å². The molecule has 0 unspecified atom stereocenters. The number of thiocarbonyl (C=S) groups is 1. The van der Waals surface area contributed by atoms with Crippen molar-refractivity contribution in [2.24, 2.45) is 0 Å². The van der Waals surface area contributed by atoms with Gasteiger partial charge < -0.3 is 10.2 Å². The summed E-state index contributed by atoms with van der Waals surface area (Å²) in [4.78, 5) is 22.5. The van der Waals surface area contributed by atoms with E-state index in [4.69, 9.17) is 0 Å². The molecule has 1 aliphatic rings. The summed E-state index contributed by atoms with van der Waals surface area (Å²) in [6, 6.07) is 0. The maximum atomic E-state index is 10.8. The zero-order valence-corrected chi connectivity index (χ0v) is 33.5. The number of rotatable bonds is 0. The van der Waals surface area contributed by atoms with E-state index in [2.05, 4.69) is 17.5 Å². The Morgan fingerprint density at radius 1 is 0.944 bits per heavy atom. The summed E-state index contributed by atoms with van der Waals surface area (Å²) in [6.07, 6.45) is -0.156. The summed E-state index contributed by atoms with van der Waals surface area (Å²) in [5.41, 5.74) is 0. The molecule has 0 saturated carbocycles. The van der Waals surface area contributed by atoms with Crippen LogP contribution in [-0.4, -0.2) is 28.9 Å². The Kier molecular flexibility index (Phi) is 82.4. The zero-order chi connectivity index (χ0) is 7.72. The van der Waals surface area contributed by atoms with Crippen LogP contribution >= 0.6 is 12.2 Å². The maximum Gasteiger partial charge on any atom is 0.155 e. The number of carbonyl (C=O) groups excluding carboxylic acids is 2. The number of nitrogens with zero attached hydrogens (tertiary/aromatic N) is 2. The van der Waals surface area contributed by atoms with E-state index in [9.17, 15) is 9.59 Å². The van der Waals surface area contributed by atoms with Crippen LogP contribution in [0.4, 0.5) is 0 Å². The molecule has 0 aromatic rings. The fraction of sp³-hybridized carbons (Fsp3) is 0.400. The fourth-order valence-electron chi connectivity index (χ4n) is 0.576. The summed E-state index contributed by atoms with van der Waals surface area (Å²) in [5, 5.41) is 3.47. The predicted molar refractivity (Wildman–Crippen MR) is 38.4 cm³/mol. The van der Waals surface area contributed by atoms with Crippen molar-refractivity contribution in [2.45, 2.75) is 6.42 Å². The van der Waals surface area contributed by atoms with Gasteiger partial charge in [0.25, 0.3) is 0 Å². The molecule has 0 N–H and O–H groups in total. The Labute approximate surface area is 314 Å². The van der Waals surface area contributed by atoms with Crippen LogP contribution in [0.3, 0.4) is 0 Å². The van der Waals surface area contributed by atoms with Gasteiger partial charge in [-0.15, -0.1) is 0 Å². The van der Waals surface area contributed by atoms with Crippen molar-refractivity contribution in [3.05, 3.63) is 5.32 Å². The maximum absolute atomic E-state index is 10.8.